The number of hydrogen-bond acceptors (Lipinski definition) is 2. The first kappa shape index (κ1) is 11.9. The van der Waals surface area contributed by atoms with E-state index in [9.17, 15) is 9.90 Å². The van der Waals surface area contributed by atoms with Crippen LogP contribution in [0.5, 0.6) is 0 Å². The molecular weight excluding hydrogens is 208 g/mol. The molecule has 3 nitrogen and oxygen atoms in total. The van der Waals surface area contributed by atoms with Crippen molar-refractivity contribution >= 4 is 19.2 Å². The monoisotopic (exact) mass is 224 g/mol. The molecule has 1 unspecified atom stereocenters. The highest BCUT2D eigenvalue weighted by Gasteiger charge is 2.29. The Bertz CT molecular complexity index is 335. The number of hydrogen-bond donors (Lipinski definition) is 2. The van der Waals surface area contributed by atoms with Crippen LogP contribution in [-0.2, 0) is 4.79 Å². The van der Waals surface area contributed by atoms with Crippen molar-refractivity contribution in [2.75, 3.05) is 0 Å². The summed E-state index contributed by atoms with van der Waals surface area (Å²) in [6.07, 6.45) is -1.24. The first-order valence-electron chi connectivity index (χ1n) is 4.90. The minimum atomic E-state index is -1.84. The van der Waals surface area contributed by atoms with Crippen LogP contribution >= 0.6 is 0 Å². The van der Waals surface area contributed by atoms with E-state index in [1.807, 2.05) is 30.3 Å². The normalized spacial score (nSPS) is 13.5. The Hall–Kier alpha value is -1.13. The molecule has 0 fully saturated rings. The van der Waals surface area contributed by atoms with Gasteiger partial charge in [-0.15, -0.1) is 0 Å². The van der Waals surface area contributed by atoms with E-state index in [0.717, 1.165) is 0 Å². The van der Waals surface area contributed by atoms with Gasteiger partial charge in [0.05, 0.1) is 8.07 Å². The van der Waals surface area contributed by atoms with Crippen LogP contribution in [0.15, 0.2) is 30.3 Å². The molecule has 0 bridgehead atoms. The zero-order valence-electron chi connectivity index (χ0n) is 8.97. The third kappa shape index (κ3) is 3.18. The number of rotatable bonds is 4. The fraction of sp³-hybridized carbons (Fsp3) is 0.364. The maximum Gasteiger partial charge on any atom is 0.332 e. The van der Waals surface area contributed by atoms with Gasteiger partial charge in [0, 0.05) is 0 Å². The Morgan fingerprint density at radius 1 is 1.33 bits per heavy atom. The lowest BCUT2D eigenvalue weighted by Gasteiger charge is -2.24. The van der Waals surface area contributed by atoms with Gasteiger partial charge in [-0.05, 0) is 6.04 Å². The molecule has 2 N–H and O–H groups in total. The van der Waals surface area contributed by atoms with Crippen molar-refractivity contribution in [3.63, 3.8) is 0 Å². The zero-order valence-corrected chi connectivity index (χ0v) is 9.97. The van der Waals surface area contributed by atoms with Gasteiger partial charge in [-0.25, -0.2) is 4.79 Å². The molecule has 0 saturated heterocycles. The second-order valence-corrected chi connectivity index (χ2v) is 9.06. The summed E-state index contributed by atoms with van der Waals surface area (Å²) in [5.74, 6) is -1.13. The Kier molecular flexibility index (Phi) is 3.65. The molecule has 0 aliphatic rings. The molecule has 1 rings (SSSR count). The topological polar surface area (TPSA) is 57.5 Å². The van der Waals surface area contributed by atoms with Crippen LogP contribution in [0.25, 0.3) is 0 Å². The highest BCUT2D eigenvalue weighted by molar-refractivity contribution is 6.90. The summed E-state index contributed by atoms with van der Waals surface area (Å²) >= 11 is 0. The molecule has 4 heteroatoms. The summed E-state index contributed by atoms with van der Waals surface area (Å²) < 4.78 is 0. The van der Waals surface area contributed by atoms with Gasteiger partial charge in [0.2, 0.25) is 0 Å². The maximum atomic E-state index is 10.6. The Labute approximate surface area is 90.4 Å². The highest BCUT2D eigenvalue weighted by Crippen LogP contribution is 2.12. The summed E-state index contributed by atoms with van der Waals surface area (Å²) in [5.41, 5.74) is 0. The molecule has 0 aliphatic carbocycles. The smallest absolute Gasteiger partial charge is 0.332 e. The van der Waals surface area contributed by atoms with E-state index in [0.29, 0.717) is 6.04 Å². The van der Waals surface area contributed by atoms with Crippen LogP contribution < -0.4 is 5.19 Å². The van der Waals surface area contributed by atoms with Gasteiger partial charge in [0.15, 0.2) is 0 Å². The molecule has 1 aromatic carbocycles. The summed E-state index contributed by atoms with van der Waals surface area (Å²) in [5, 5.41) is 19.2. The van der Waals surface area contributed by atoms with Gasteiger partial charge in [-0.1, -0.05) is 48.6 Å². The van der Waals surface area contributed by atoms with Crippen LogP contribution in [0.3, 0.4) is 0 Å². The van der Waals surface area contributed by atoms with Gasteiger partial charge >= 0.3 is 5.97 Å². The van der Waals surface area contributed by atoms with Crippen LogP contribution in [0.2, 0.25) is 19.1 Å². The Morgan fingerprint density at radius 3 is 2.33 bits per heavy atom. The van der Waals surface area contributed by atoms with Crippen molar-refractivity contribution in [1.82, 2.24) is 0 Å². The third-order valence-corrected chi connectivity index (χ3v) is 5.85. The highest BCUT2D eigenvalue weighted by atomic mass is 28.3. The molecular formula is C11H16O3Si. The number of carbonyl (C=O) groups is 1. The van der Waals surface area contributed by atoms with Crippen LogP contribution in [0.1, 0.15) is 0 Å². The molecule has 1 aromatic rings. The van der Waals surface area contributed by atoms with E-state index in [1.54, 1.807) is 0 Å². The van der Waals surface area contributed by atoms with E-state index in [1.165, 1.54) is 5.19 Å². The minimum absolute atomic E-state index is 0.354. The lowest BCUT2D eigenvalue weighted by Crippen LogP contribution is -2.45. The van der Waals surface area contributed by atoms with Gasteiger partial charge < -0.3 is 10.2 Å². The van der Waals surface area contributed by atoms with Gasteiger partial charge in [-0.2, -0.15) is 0 Å². The van der Waals surface area contributed by atoms with Crippen LogP contribution in [-0.4, -0.2) is 30.4 Å². The first-order valence-corrected chi connectivity index (χ1v) is 8.10. The Balaban J connectivity index is 2.80. The number of aliphatic hydroxyl groups excluding tert-OH is 1. The van der Waals surface area contributed by atoms with Crippen LogP contribution in [0.4, 0.5) is 0 Å². The summed E-state index contributed by atoms with van der Waals surface area (Å²) in [7, 11) is -1.84. The van der Waals surface area contributed by atoms with Gasteiger partial charge in [0.1, 0.15) is 6.10 Å². The molecule has 15 heavy (non-hydrogen) atoms. The van der Waals surface area contributed by atoms with Crippen molar-refractivity contribution in [2.45, 2.75) is 25.2 Å². The van der Waals surface area contributed by atoms with Crippen molar-refractivity contribution in [3.05, 3.63) is 30.3 Å². The summed E-state index contributed by atoms with van der Waals surface area (Å²) in [6, 6.07) is 10.2. The number of aliphatic carboxylic acids is 1. The number of carboxylic acids is 1. The van der Waals surface area contributed by atoms with Gasteiger partial charge in [-0.3, -0.25) is 0 Å². The van der Waals surface area contributed by atoms with E-state index in [4.69, 9.17) is 5.11 Å². The lowest BCUT2D eigenvalue weighted by molar-refractivity contribution is -0.145. The molecule has 0 heterocycles. The molecule has 82 valence electrons. The molecule has 1 atom stereocenters. The second-order valence-electron chi connectivity index (χ2n) is 4.31. The SMILES string of the molecule is C[Si](C)(CC(O)C(=O)O)c1ccccc1. The van der Waals surface area contributed by atoms with Crippen molar-refractivity contribution in [3.8, 4) is 0 Å². The molecule has 0 aromatic heterocycles. The number of benzene rings is 1. The quantitative estimate of drug-likeness (QED) is 0.752. The van der Waals surface area contributed by atoms with Crippen molar-refractivity contribution in [1.29, 1.82) is 0 Å². The molecule has 0 radical (unpaired) electrons. The molecule has 0 spiro atoms. The van der Waals surface area contributed by atoms with E-state index < -0.39 is 20.1 Å². The summed E-state index contributed by atoms with van der Waals surface area (Å²) in [4.78, 5) is 10.6. The van der Waals surface area contributed by atoms with Crippen LogP contribution in [0, 0.1) is 0 Å². The molecule has 0 amide bonds. The minimum Gasteiger partial charge on any atom is -0.479 e. The average molecular weight is 224 g/mol. The largest absolute Gasteiger partial charge is 0.479 e. The summed E-state index contributed by atoms with van der Waals surface area (Å²) in [6.45, 7) is 4.13. The fourth-order valence-electron chi connectivity index (χ4n) is 1.58. The van der Waals surface area contributed by atoms with Crippen molar-refractivity contribution < 1.29 is 15.0 Å². The third-order valence-electron chi connectivity index (χ3n) is 2.54. The van der Waals surface area contributed by atoms with Crippen molar-refractivity contribution in [2.24, 2.45) is 0 Å². The van der Waals surface area contributed by atoms with E-state index in [-0.39, 0.29) is 0 Å². The number of carboxylic acid groups (broad SMARTS) is 1. The van der Waals surface area contributed by atoms with E-state index >= 15 is 0 Å². The first-order chi connectivity index (χ1) is 6.93. The fourth-order valence-corrected chi connectivity index (χ4v) is 4.05. The standard InChI is InChI=1S/C11H16O3Si/c1-15(2,8-10(12)11(13)14)9-6-4-3-5-7-9/h3-7,10,12H,8H2,1-2H3,(H,13,14). The van der Waals surface area contributed by atoms with E-state index in [2.05, 4.69) is 13.1 Å². The Morgan fingerprint density at radius 2 is 1.87 bits per heavy atom. The lowest BCUT2D eigenvalue weighted by atomic mass is 10.4. The molecule has 0 saturated carbocycles. The second kappa shape index (κ2) is 4.59. The predicted octanol–water partition coefficient (Wildman–Crippen LogP) is 1.05. The average Bonchev–Trinajstić information content (AvgIpc) is 2.18. The molecule has 0 aliphatic heterocycles. The van der Waals surface area contributed by atoms with Gasteiger partial charge in [0.25, 0.3) is 0 Å². The predicted molar refractivity (Wildman–Crippen MR) is 62.0 cm³/mol. The zero-order chi connectivity index (χ0) is 11.5. The number of aliphatic hydroxyl groups is 1. The maximum absolute atomic E-state index is 10.6.